The van der Waals surface area contributed by atoms with Crippen LogP contribution in [0, 0.1) is 6.92 Å². The van der Waals surface area contributed by atoms with Crippen LogP contribution in [0.4, 0.5) is 11.5 Å². The van der Waals surface area contributed by atoms with Gasteiger partial charge < -0.3 is 10.2 Å². The second-order valence-corrected chi connectivity index (χ2v) is 6.84. The zero-order valence-electron chi connectivity index (χ0n) is 15.4. The molecule has 1 aliphatic rings. The van der Waals surface area contributed by atoms with E-state index in [-0.39, 0.29) is 5.91 Å². The highest BCUT2D eigenvalue weighted by Gasteiger charge is 2.24. The van der Waals surface area contributed by atoms with Gasteiger partial charge in [0.1, 0.15) is 5.82 Å². The second kappa shape index (κ2) is 7.58. The molecular formula is C22H22N4O. The third-order valence-corrected chi connectivity index (χ3v) is 4.80. The number of hydrogen-bond acceptors (Lipinski definition) is 4. The Morgan fingerprint density at radius 3 is 2.78 bits per heavy atom. The Morgan fingerprint density at radius 1 is 1.07 bits per heavy atom. The summed E-state index contributed by atoms with van der Waals surface area (Å²) in [5.74, 6) is 0.562. The first kappa shape index (κ1) is 17.2. The Hall–Kier alpha value is -3.21. The number of carbonyl (C=O) groups excluding carboxylic acids is 1. The van der Waals surface area contributed by atoms with E-state index in [1.54, 1.807) is 6.07 Å². The van der Waals surface area contributed by atoms with E-state index in [0.29, 0.717) is 24.6 Å². The Morgan fingerprint density at radius 2 is 1.96 bits per heavy atom. The summed E-state index contributed by atoms with van der Waals surface area (Å²) in [6.45, 7) is 3.45. The Bertz CT molecular complexity index is 953. The summed E-state index contributed by atoms with van der Waals surface area (Å²) in [6, 6.07) is 19.9. The molecule has 3 aromatic rings. The molecule has 2 heterocycles. The van der Waals surface area contributed by atoms with Gasteiger partial charge in [0, 0.05) is 18.8 Å². The monoisotopic (exact) mass is 358 g/mol. The fourth-order valence-electron chi connectivity index (χ4n) is 3.44. The van der Waals surface area contributed by atoms with Crippen molar-refractivity contribution in [2.24, 2.45) is 0 Å². The molecular weight excluding hydrogens is 336 g/mol. The molecule has 0 saturated heterocycles. The van der Waals surface area contributed by atoms with Gasteiger partial charge in [-0.2, -0.15) is 0 Å². The molecule has 0 bridgehead atoms. The molecule has 5 heteroatoms. The van der Waals surface area contributed by atoms with Crippen molar-refractivity contribution >= 4 is 17.4 Å². The number of hydrogen-bond donors (Lipinski definition) is 1. The summed E-state index contributed by atoms with van der Waals surface area (Å²) in [5, 5.41) is 11.6. The van der Waals surface area contributed by atoms with Gasteiger partial charge in [0.15, 0.2) is 5.69 Å². The SMILES string of the molecule is Cc1cccc(CNc2ccc(C(=O)N3CCCc4ccccc43)nn2)c1. The van der Waals surface area contributed by atoms with Crippen molar-refractivity contribution in [3.63, 3.8) is 0 Å². The van der Waals surface area contributed by atoms with E-state index in [4.69, 9.17) is 0 Å². The van der Waals surface area contributed by atoms with Gasteiger partial charge >= 0.3 is 0 Å². The molecule has 0 aliphatic carbocycles. The molecule has 27 heavy (non-hydrogen) atoms. The minimum absolute atomic E-state index is 0.0973. The number of para-hydroxylation sites is 1. The van der Waals surface area contributed by atoms with Crippen LogP contribution in [0.2, 0.25) is 0 Å². The van der Waals surface area contributed by atoms with Crippen LogP contribution in [0.5, 0.6) is 0 Å². The molecule has 1 amide bonds. The largest absolute Gasteiger partial charge is 0.365 e. The lowest BCUT2D eigenvalue weighted by molar-refractivity contribution is 0.0979. The molecule has 0 fully saturated rings. The Balaban J connectivity index is 1.45. The zero-order chi connectivity index (χ0) is 18.6. The summed E-state index contributed by atoms with van der Waals surface area (Å²) >= 11 is 0. The highest BCUT2D eigenvalue weighted by atomic mass is 16.2. The molecule has 1 N–H and O–H groups in total. The lowest BCUT2D eigenvalue weighted by Gasteiger charge is -2.29. The number of benzene rings is 2. The number of nitrogens with one attached hydrogen (secondary N) is 1. The number of carbonyl (C=O) groups is 1. The molecule has 2 aromatic carbocycles. The molecule has 136 valence electrons. The van der Waals surface area contributed by atoms with Gasteiger partial charge in [-0.25, -0.2) is 0 Å². The number of nitrogens with zero attached hydrogens (tertiary/aromatic N) is 3. The smallest absolute Gasteiger partial charge is 0.278 e. The highest BCUT2D eigenvalue weighted by Crippen LogP contribution is 2.27. The average molecular weight is 358 g/mol. The van der Waals surface area contributed by atoms with Crippen molar-refractivity contribution in [2.45, 2.75) is 26.3 Å². The van der Waals surface area contributed by atoms with Crippen LogP contribution in [0.1, 0.15) is 33.6 Å². The van der Waals surface area contributed by atoms with Gasteiger partial charge in [-0.3, -0.25) is 4.79 Å². The molecule has 1 aromatic heterocycles. The van der Waals surface area contributed by atoms with Crippen LogP contribution < -0.4 is 10.2 Å². The molecule has 0 atom stereocenters. The maximum absolute atomic E-state index is 12.9. The molecule has 5 nitrogen and oxygen atoms in total. The van der Waals surface area contributed by atoms with Crippen LogP contribution in [-0.2, 0) is 13.0 Å². The van der Waals surface area contributed by atoms with Crippen molar-refractivity contribution in [1.29, 1.82) is 0 Å². The summed E-state index contributed by atoms with van der Waals surface area (Å²) in [6.07, 6.45) is 1.97. The summed E-state index contributed by atoms with van der Waals surface area (Å²) in [5.41, 5.74) is 4.97. The number of anilines is 2. The van der Waals surface area contributed by atoms with Crippen molar-refractivity contribution in [2.75, 3.05) is 16.8 Å². The molecule has 0 spiro atoms. The van der Waals surface area contributed by atoms with E-state index in [0.717, 1.165) is 18.5 Å². The lowest BCUT2D eigenvalue weighted by Crippen LogP contribution is -2.36. The van der Waals surface area contributed by atoms with E-state index >= 15 is 0 Å². The van der Waals surface area contributed by atoms with Crippen LogP contribution in [0.3, 0.4) is 0 Å². The molecule has 0 unspecified atom stereocenters. The summed E-state index contributed by atoms with van der Waals surface area (Å²) in [4.78, 5) is 14.7. The minimum Gasteiger partial charge on any atom is -0.365 e. The van der Waals surface area contributed by atoms with Gasteiger partial charge in [0.2, 0.25) is 0 Å². The molecule has 0 saturated carbocycles. The van der Waals surface area contributed by atoms with Crippen LogP contribution >= 0.6 is 0 Å². The number of aryl methyl sites for hydroxylation is 2. The van der Waals surface area contributed by atoms with Crippen LogP contribution in [0.15, 0.2) is 60.7 Å². The van der Waals surface area contributed by atoms with Gasteiger partial charge in [-0.05, 0) is 49.1 Å². The van der Waals surface area contributed by atoms with E-state index < -0.39 is 0 Å². The standard InChI is InChI=1S/C22H22N4O/c1-16-6-4-7-17(14-16)15-23-21-12-11-19(24-25-21)22(27)26-13-5-9-18-8-2-3-10-20(18)26/h2-4,6-8,10-12,14H,5,9,13,15H2,1H3,(H,23,25). The van der Waals surface area contributed by atoms with E-state index in [1.807, 2.05) is 35.2 Å². The number of aromatic nitrogens is 2. The molecule has 1 aliphatic heterocycles. The van der Waals surface area contributed by atoms with Crippen molar-refractivity contribution in [3.8, 4) is 0 Å². The molecule has 0 radical (unpaired) electrons. The summed E-state index contributed by atoms with van der Waals surface area (Å²) < 4.78 is 0. The van der Waals surface area contributed by atoms with Crippen molar-refractivity contribution < 1.29 is 4.79 Å². The quantitative estimate of drug-likeness (QED) is 0.766. The third kappa shape index (κ3) is 3.82. The topological polar surface area (TPSA) is 58.1 Å². The first-order valence-electron chi connectivity index (χ1n) is 9.23. The normalized spacial score (nSPS) is 13.1. The van der Waals surface area contributed by atoms with Gasteiger partial charge in [0.25, 0.3) is 5.91 Å². The average Bonchev–Trinajstić information content (AvgIpc) is 2.72. The zero-order valence-corrected chi connectivity index (χ0v) is 15.4. The van der Waals surface area contributed by atoms with Crippen molar-refractivity contribution in [3.05, 3.63) is 83.0 Å². The Labute approximate surface area is 159 Å². The predicted molar refractivity (Wildman–Crippen MR) is 107 cm³/mol. The predicted octanol–water partition coefficient (Wildman–Crippen LogP) is 3.99. The fourth-order valence-corrected chi connectivity index (χ4v) is 3.44. The molecule has 4 rings (SSSR count). The van der Waals surface area contributed by atoms with Crippen molar-refractivity contribution in [1.82, 2.24) is 10.2 Å². The van der Waals surface area contributed by atoms with E-state index in [2.05, 4.69) is 46.7 Å². The minimum atomic E-state index is -0.0973. The third-order valence-electron chi connectivity index (χ3n) is 4.80. The van der Waals surface area contributed by atoms with Gasteiger partial charge in [0.05, 0.1) is 0 Å². The van der Waals surface area contributed by atoms with Crippen LogP contribution in [-0.4, -0.2) is 22.6 Å². The first-order chi connectivity index (χ1) is 13.2. The van der Waals surface area contributed by atoms with E-state index in [1.165, 1.54) is 16.7 Å². The fraction of sp³-hybridized carbons (Fsp3) is 0.227. The first-order valence-corrected chi connectivity index (χ1v) is 9.23. The van der Waals surface area contributed by atoms with E-state index in [9.17, 15) is 4.79 Å². The maximum atomic E-state index is 12.9. The maximum Gasteiger partial charge on any atom is 0.278 e. The van der Waals surface area contributed by atoms with Crippen LogP contribution in [0.25, 0.3) is 0 Å². The Kier molecular flexibility index (Phi) is 4.83. The van der Waals surface area contributed by atoms with Gasteiger partial charge in [-0.15, -0.1) is 10.2 Å². The summed E-state index contributed by atoms with van der Waals surface area (Å²) in [7, 11) is 0. The van der Waals surface area contributed by atoms with Gasteiger partial charge in [-0.1, -0.05) is 48.0 Å². The highest BCUT2D eigenvalue weighted by molar-refractivity contribution is 6.05. The number of amides is 1. The number of fused-ring (bicyclic) bond motifs is 1. The second-order valence-electron chi connectivity index (χ2n) is 6.84. The lowest BCUT2D eigenvalue weighted by atomic mass is 10.0. The number of rotatable bonds is 4.